The molecule has 2 heterocycles. The van der Waals surface area contributed by atoms with E-state index in [0.29, 0.717) is 0 Å². The number of nitrogens with zero attached hydrogens (tertiary/aromatic N) is 1. The van der Waals surface area contributed by atoms with Gasteiger partial charge in [-0.2, -0.15) is 0 Å². The molecule has 0 unspecified atom stereocenters. The minimum absolute atomic E-state index is 0.892. The van der Waals surface area contributed by atoms with Crippen molar-refractivity contribution < 1.29 is 0 Å². The monoisotopic (exact) mass is 665 g/mol. The van der Waals surface area contributed by atoms with Crippen molar-refractivity contribution in [2.75, 3.05) is 0 Å². The van der Waals surface area contributed by atoms with Crippen LogP contribution in [0.4, 0.5) is 0 Å². The van der Waals surface area contributed by atoms with E-state index in [2.05, 4.69) is 180 Å². The summed E-state index contributed by atoms with van der Waals surface area (Å²) < 4.78 is 5.25. The minimum atomic E-state index is 0.892. The molecule has 0 spiro atoms. The first-order valence-corrected chi connectivity index (χ1v) is 18.5. The van der Waals surface area contributed by atoms with Crippen LogP contribution in [0.15, 0.2) is 176 Å². The van der Waals surface area contributed by atoms with Crippen molar-refractivity contribution in [3.8, 4) is 50.2 Å². The highest BCUT2D eigenvalue weighted by Crippen LogP contribution is 2.48. The molecule has 2 aromatic heterocycles. The van der Waals surface area contributed by atoms with Gasteiger partial charge in [0.15, 0.2) is 0 Å². The topological polar surface area (TPSA) is 4.93 Å². The first kappa shape index (κ1) is 28.6. The lowest BCUT2D eigenvalue weighted by Crippen LogP contribution is -1.99. The van der Waals surface area contributed by atoms with E-state index in [4.69, 9.17) is 0 Å². The van der Waals surface area contributed by atoms with Gasteiger partial charge in [0.25, 0.3) is 0 Å². The molecule has 1 nitrogen and oxygen atoms in total. The highest BCUT2D eigenvalue weighted by molar-refractivity contribution is 7.26. The average Bonchev–Trinajstić information content (AvgIpc) is 3.88. The number of thiophene rings is 1. The van der Waals surface area contributed by atoms with Crippen LogP contribution < -0.4 is 0 Å². The summed E-state index contributed by atoms with van der Waals surface area (Å²) in [5.41, 5.74) is 16.8. The molecule has 0 amide bonds. The standard InChI is InChI=1S/C49H31NS/c1-2-11-31(12-3-1)32-23-25-33(26-24-32)34-13-8-14-35(29-34)36-17-9-18-37-38-19-10-21-46(44(38)30-43(36)37)50-45-20-6-4-15-39(45)41-27-28-42-40-16-5-7-22-47(40)51-49(42)48(41)50/h1-29H,30H2. The maximum atomic E-state index is 2.56. The molecule has 0 radical (unpaired) electrons. The van der Waals surface area contributed by atoms with Gasteiger partial charge in [0.05, 0.1) is 21.4 Å². The molecule has 51 heavy (non-hydrogen) atoms. The maximum Gasteiger partial charge on any atom is 0.0719 e. The highest BCUT2D eigenvalue weighted by Gasteiger charge is 2.27. The molecule has 0 bridgehead atoms. The van der Waals surface area contributed by atoms with Gasteiger partial charge in [-0.15, -0.1) is 11.3 Å². The third-order valence-electron chi connectivity index (χ3n) is 10.9. The molecule has 8 aromatic carbocycles. The Kier molecular flexibility index (Phi) is 6.25. The predicted octanol–water partition coefficient (Wildman–Crippen LogP) is 13.7. The fourth-order valence-electron chi connectivity index (χ4n) is 8.53. The van der Waals surface area contributed by atoms with E-state index in [1.54, 1.807) is 0 Å². The smallest absolute Gasteiger partial charge is 0.0719 e. The zero-order valence-corrected chi connectivity index (χ0v) is 28.6. The van der Waals surface area contributed by atoms with Crippen LogP contribution in [0.25, 0.3) is 92.2 Å². The second-order valence-electron chi connectivity index (χ2n) is 13.6. The lowest BCUT2D eigenvalue weighted by molar-refractivity contribution is 1.13. The Morgan fingerprint density at radius 2 is 1.00 bits per heavy atom. The van der Waals surface area contributed by atoms with E-state index in [1.165, 1.54) is 103 Å². The molecule has 0 fully saturated rings. The molecule has 0 aliphatic heterocycles. The Bertz CT molecular complexity index is 2980. The fourth-order valence-corrected chi connectivity index (χ4v) is 9.77. The van der Waals surface area contributed by atoms with Gasteiger partial charge < -0.3 is 4.57 Å². The number of fused-ring (bicyclic) bond motifs is 10. The third kappa shape index (κ3) is 4.33. The van der Waals surface area contributed by atoms with E-state index in [0.717, 1.165) is 6.42 Å². The van der Waals surface area contributed by atoms with E-state index in [9.17, 15) is 0 Å². The van der Waals surface area contributed by atoms with Crippen molar-refractivity contribution in [3.63, 3.8) is 0 Å². The molecule has 1 aliphatic rings. The second-order valence-corrected chi connectivity index (χ2v) is 14.7. The van der Waals surface area contributed by atoms with Crippen LogP contribution in [0.1, 0.15) is 11.1 Å². The van der Waals surface area contributed by atoms with Gasteiger partial charge in [-0.1, -0.05) is 152 Å². The molecule has 2 heteroatoms. The van der Waals surface area contributed by atoms with Gasteiger partial charge in [-0.25, -0.2) is 0 Å². The van der Waals surface area contributed by atoms with Crippen molar-refractivity contribution >= 4 is 53.3 Å². The maximum absolute atomic E-state index is 2.56. The van der Waals surface area contributed by atoms with Crippen LogP contribution in [-0.4, -0.2) is 4.57 Å². The third-order valence-corrected chi connectivity index (χ3v) is 12.1. The Morgan fingerprint density at radius 1 is 0.392 bits per heavy atom. The van der Waals surface area contributed by atoms with Crippen LogP contribution in [0.3, 0.4) is 0 Å². The van der Waals surface area contributed by atoms with Crippen molar-refractivity contribution in [2.24, 2.45) is 0 Å². The van der Waals surface area contributed by atoms with Crippen molar-refractivity contribution in [3.05, 3.63) is 187 Å². The Morgan fingerprint density at radius 3 is 1.86 bits per heavy atom. The number of rotatable bonds is 4. The summed E-state index contributed by atoms with van der Waals surface area (Å²) in [6.07, 6.45) is 0.892. The Balaban J connectivity index is 1.05. The molecule has 238 valence electrons. The van der Waals surface area contributed by atoms with Crippen LogP contribution in [0, 0.1) is 0 Å². The van der Waals surface area contributed by atoms with Crippen LogP contribution >= 0.6 is 11.3 Å². The predicted molar refractivity (Wildman–Crippen MR) is 218 cm³/mol. The lowest BCUT2D eigenvalue weighted by atomic mass is 9.93. The minimum Gasteiger partial charge on any atom is -0.307 e. The molecule has 0 N–H and O–H groups in total. The van der Waals surface area contributed by atoms with Gasteiger partial charge in [0.2, 0.25) is 0 Å². The Labute approximate surface area is 300 Å². The number of benzene rings is 8. The summed E-state index contributed by atoms with van der Waals surface area (Å²) in [5, 5.41) is 5.28. The first-order chi connectivity index (χ1) is 25.3. The average molecular weight is 666 g/mol. The van der Waals surface area contributed by atoms with E-state index < -0.39 is 0 Å². The summed E-state index contributed by atoms with van der Waals surface area (Å²) >= 11 is 1.91. The Hall–Kier alpha value is -6.22. The number of para-hydroxylation sites is 1. The van der Waals surface area contributed by atoms with E-state index >= 15 is 0 Å². The van der Waals surface area contributed by atoms with Crippen LogP contribution in [0.2, 0.25) is 0 Å². The van der Waals surface area contributed by atoms with Crippen molar-refractivity contribution in [1.82, 2.24) is 4.57 Å². The van der Waals surface area contributed by atoms with Crippen molar-refractivity contribution in [2.45, 2.75) is 6.42 Å². The van der Waals surface area contributed by atoms with E-state index in [-0.39, 0.29) is 0 Å². The molecule has 1 aliphatic carbocycles. The fraction of sp³-hybridized carbons (Fsp3) is 0.0204. The first-order valence-electron chi connectivity index (χ1n) is 17.6. The lowest BCUT2D eigenvalue weighted by Gasteiger charge is -2.14. The summed E-state index contributed by atoms with van der Waals surface area (Å²) in [7, 11) is 0. The SMILES string of the molecule is c1ccc(-c2ccc(-c3cccc(-c4cccc5c4Cc4c-5cccc4-n4c5ccccc5c5ccc6c7ccccc7sc6c54)c3)cc2)cc1. The van der Waals surface area contributed by atoms with Crippen molar-refractivity contribution in [1.29, 1.82) is 0 Å². The van der Waals surface area contributed by atoms with Gasteiger partial charge in [0.1, 0.15) is 0 Å². The second kappa shape index (κ2) is 11.1. The zero-order valence-electron chi connectivity index (χ0n) is 27.8. The summed E-state index contributed by atoms with van der Waals surface area (Å²) in [6.45, 7) is 0. The van der Waals surface area contributed by atoms with Gasteiger partial charge in [0, 0.05) is 32.7 Å². The summed E-state index contributed by atoms with van der Waals surface area (Å²) in [5.74, 6) is 0. The van der Waals surface area contributed by atoms with Gasteiger partial charge in [-0.05, 0) is 79.9 Å². The molecular formula is C49H31NS. The summed E-state index contributed by atoms with van der Waals surface area (Å²) in [6, 6.07) is 64.8. The molecule has 0 atom stereocenters. The van der Waals surface area contributed by atoms with Crippen LogP contribution in [-0.2, 0) is 6.42 Å². The largest absolute Gasteiger partial charge is 0.307 e. The molecule has 0 saturated heterocycles. The quantitative estimate of drug-likeness (QED) is 0.176. The molecule has 10 aromatic rings. The van der Waals surface area contributed by atoms with E-state index in [1.807, 2.05) is 11.3 Å². The molecular weight excluding hydrogens is 635 g/mol. The normalized spacial score (nSPS) is 12.2. The van der Waals surface area contributed by atoms with Gasteiger partial charge in [-0.3, -0.25) is 0 Å². The number of hydrogen-bond donors (Lipinski definition) is 0. The summed E-state index contributed by atoms with van der Waals surface area (Å²) in [4.78, 5) is 0. The molecule has 0 saturated carbocycles. The van der Waals surface area contributed by atoms with Crippen LogP contribution in [0.5, 0.6) is 0 Å². The molecule has 11 rings (SSSR count). The number of aromatic nitrogens is 1. The van der Waals surface area contributed by atoms with Gasteiger partial charge >= 0.3 is 0 Å². The zero-order chi connectivity index (χ0) is 33.5. The number of hydrogen-bond acceptors (Lipinski definition) is 1. The highest BCUT2D eigenvalue weighted by atomic mass is 32.1.